The van der Waals surface area contributed by atoms with E-state index in [-0.39, 0.29) is 11.3 Å². The minimum absolute atomic E-state index is 0.208. The van der Waals surface area contributed by atoms with Gasteiger partial charge in [0.25, 0.3) is 0 Å². The Hall–Kier alpha value is -2.26. The molecule has 1 N–H and O–H groups in total. The second kappa shape index (κ2) is 5.43. The number of hydrogen-bond donors (Lipinski definition) is 1. The van der Waals surface area contributed by atoms with Gasteiger partial charge in [0.05, 0.1) is 12.8 Å². The van der Waals surface area contributed by atoms with Gasteiger partial charge in [0.15, 0.2) is 0 Å². The van der Waals surface area contributed by atoms with Crippen molar-refractivity contribution in [2.45, 2.75) is 18.0 Å². The van der Waals surface area contributed by atoms with Crippen molar-refractivity contribution in [1.29, 1.82) is 0 Å². The van der Waals surface area contributed by atoms with Crippen molar-refractivity contribution in [3.05, 3.63) is 36.0 Å². The Balaban J connectivity index is 2.37. The van der Waals surface area contributed by atoms with Crippen molar-refractivity contribution in [1.82, 2.24) is 10.2 Å². The molecule has 0 radical (unpaired) electrons. The van der Waals surface area contributed by atoms with Crippen LogP contribution in [0.25, 0.3) is 11.3 Å². The normalized spacial score (nSPS) is 13.2. The number of aromatic amines is 1. The lowest BCUT2D eigenvalue weighted by atomic mass is 10.1. The third-order valence-electron chi connectivity index (χ3n) is 3.05. The lowest BCUT2D eigenvalue weighted by Gasteiger charge is -2.26. The number of halogens is 7. The molecule has 0 saturated carbocycles. The van der Waals surface area contributed by atoms with Gasteiger partial charge in [-0.2, -0.15) is 35.8 Å². The molecule has 0 saturated heterocycles. The largest absolute Gasteiger partial charge is 0.497 e. The maximum atomic E-state index is 13.5. The summed E-state index contributed by atoms with van der Waals surface area (Å²) < 4.78 is 94.3. The maximum Gasteiger partial charge on any atom is 0.460 e. The van der Waals surface area contributed by atoms with Gasteiger partial charge in [-0.25, -0.2) is 0 Å². The molecule has 0 aliphatic carbocycles. The van der Waals surface area contributed by atoms with E-state index in [0.29, 0.717) is 11.8 Å². The van der Waals surface area contributed by atoms with Crippen LogP contribution in [0, 0.1) is 0 Å². The molecule has 1 heterocycles. The van der Waals surface area contributed by atoms with Crippen molar-refractivity contribution in [3.8, 4) is 17.0 Å². The number of methoxy groups -OCH3 is 1. The summed E-state index contributed by atoms with van der Waals surface area (Å²) in [6, 6.07) is 6.12. The fourth-order valence-electron chi connectivity index (χ4n) is 1.74. The minimum Gasteiger partial charge on any atom is -0.497 e. The van der Waals surface area contributed by atoms with Crippen LogP contribution in [0.2, 0.25) is 0 Å². The van der Waals surface area contributed by atoms with Crippen molar-refractivity contribution >= 4 is 0 Å². The van der Waals surface area contributed by atoms with Crippen molar-refractivity contribution in [3.63, 3.8) is 0 Å². The maximum absolute atomic E-state index is 13.5. The van der Waals surface area contributed by atoms with Crippen LogP contribution in [0.5, 0.6) is 5.75 Å². The van der Waals surface area contributed by atoms with Crippen molar-refractivity contribution in [2.75, 3.05) is 7.11 Å². The average molecular weight is 342 g/mol. The van der Waals surface area contributed by atoms with Gasteiger partial charge in [0.1, 0.15) is 11.4 Å². The Bertz CT molecular complexity index is 676. The predicted molar refractivity (Wildman–Crippen MR) is 65.5 cm³/mol. The third kappa shape index (κ3) is 2.84. The van der Waals surface area contributed by atoms with Crippen LogP contribution in [-0.2, 0) is 5.92 Å². The molecule has 2 rings (SSSR count). The summed E-state index contributed by atoms with van der Waals surface area (Å²) in [4.78, 5) is 0. The highest BCUT2D eigenvalue weighted by atomic mass is 19.4. The second-order valence-corrected chi connectivity index (χ2v) is 4.54. The molecule has 0 amide bonds. The van der Waals surface area contributed by atoms with E-state index in [9.17, 15) is 30.7 Å². The Kier molecular flexibility index (Phi) is 4.03. The standard InChI is InChI=1S/C13H9F7N2O/c1-23-8-4-2-7(3-5-8)9-6-10(22-21-9)11(14,15)12(16,17)13(18,19)20/h2-6H,1H3,(H,21,22). The van der Waals surface area contributed by atoms with Crippen LogP contribution < -0.4 is 4.74 Å². The zero-order valence-corrected chi connectivity index (χ0v) is 11.4. The molecule has 126 valence electrons. The van der Waals surface area contributed by atoms with E-state index in [2.05, 4.69) is 5.10 Å². The number of H-pyrrole nitrogens is 1. The molecule has 0 unspecified atom stereocenters. The lowest BCUT2D eigenvalue weighted by molar-refractivity contribution is -0.360. The number of aromatic nitrogens is 2. The van der Waals surface area contributed by atoms with Crippen LogP contribution in [0.15, 0.2) is 30.3 Å². The van der Waals surface area contributed by atoms with Gasteiger partial charge in [0, 0.05) is 5.56 Å². The molecule has 0 aliphatic heterocycles. The molecule has 0 bridgehead atoms. The van der Waals surface area contributed by atoms with Gasteiger partial charge in [-0.1, -0.05) is 0 Å². The third-order valence-corrected chi connectivity index (χ3v) is 3.05. The number of hydrogen-bond acceptors (Lipinski definition) is 2. The highest BCUT2D eigenvalue weighted by molar-refractivity contribution is 5.60. The highest BCUT2D eigenvalue weighted by Gasteiger charge is 2.74. The van der Waals surface area contributed by atoms with E-state index in [4.69, 9.17) is 4.74 Å². The molecular weight excluding hydrogens is 333 g/mol. The average Bonchev–Trinajstić information content (AvgIpc) is 2.96. The number of nitrogens with zero attached hydrogens (tertiary/aromatic N) is 1. The summed E-state index contributed by atoms with van der Waals surface area (Å²) in [5.74, 6) is -11.3. The first-order valence-electron chi connectivity index (χ1n) is 6.03. The Morgan fingerprint density at radius 1 is 0.957 bits per heavy atom. The predicted octanol–water partition coefficient (Wildman–Crippen LogP) is 4.37. The van der Waals surface area contributed by atoms with Crippen LogP contribution in [0.1, 0.15) is 5.69 Å². The number of alkyl halides is 7. The van der Waals surface area contributed by atoms with Crippen molar-refractivity contribution < 1.29 is 35.5 Å². The van der Waals surface area contributed by atoms with E-state index < -0.39 is 23.7 Å². The molecule has 3 nitrogen and oxygen atoms in total. The summed E-state index contributed by atoms with van der Waals surface area (Å²) in [6.07, 6.45) is -6.40. The van der Waals surface area contributed by atoms with Gasteiger partial charge in [-0.15, -0.1) is 0 Å². The second-order valence-electron chi connectivity index (χ2n) is 4.54. The zero-order valence-electron chi connectivity index (χ0n) is 11.4. The molecule has 1 aromatic heterocycles. The Morgan fingerprint density at radius 3 is 2.00 bits per heavy atom. The summed E-state index contributed by atoms with van der Waals surface area (Å²) in [5, 5.41) is 4.90. The summed E-state index contributed by atoms with van der Waals surface area (Å²) in [6.45, 7) is 0. The van der Waals surface area contributed by atoms with Gasteiger partial charge >= 0.3 is 18.0 Å². The molecule has 10 heteroatoms. The minimum atomic E-state index is -6.40. The topological polar surface area (TPSA) is 37.9 Å². The zero-order chi connectivity index (χ0) is 17.5. The van der Waals surface area contributed by atoms with Crippen molar-refractivity contribution in [2.24, 2.45) is 0 Å². The van der Waals surface area contributed by atoms with Crippen LogP contribution in [0.4, 0.5) is 30.7 Å². The van der Waals surface area contributed by atoms with E-state index in [1.165, 1.54) is 31.4 Å². The molecule has 0 spiro atoms. The molecule has 1 aromatic carbocycles. The van der Waals surface area contributed by atoms with Gasteiger partial charge in [0.2, 0.25) is 0 Å². The van der Waals surface area contributed by atoms with Crippen LogP contribution in [0.3, 0.4) is 0 Å². The van der Waals surface area contributed by atoms with Gasteiger partial charge < -0.3 is 4.74 Å². The molecule has 0 fully saturated rings. The molecule has 0 aliphatic rings. The van der Waals surface area contributed by atoms with E-state index >= 15 is 0 Å². The Labute approximate surface area is 125 Å². The first kappa shape index (κ1) is 17.1. The number of rotatable bonds is 4. The fraction of sp³-hybridized carbons (Fsp3) is 0.308. The van der Waals surface area contributed by atoms with Crippen LogP contribution >= 0.6 is 0 Å². The number of benzene rings is 1. The lowest BCUT2D eigenvalue weighted by Crippen LogP contribution is -2.50. The fourth-order valence-corrected chi connectivity index (χ4v) is 1.74. The van der Waals surface area contributed by atoms with E-state index in [1.807, 2.05) is 0 Å². The quantitative estimate of drug-likeness (QED) is 0.838. The highest BCUT2D eigenvalue weighted by Crippen LogP contribution is 2.51. The summed E-state index contributed by atoms with van der Waals surface area (Å²) in [5.41, 5.74) is -1.61. The van der Waals surface area contributed by atoms with Gasteiger partial charge in [-0.3, -0.25) is 5.10 Å². The first-order valence-corrected chi connectivity index (χ1v) is 6.03. The molecule has 2 aromatic rings. The van der Waals surface area contributed by atoms with E-state index in [0.717, 1.165) is 0 Å². The monoisotopic (exact) mass is 342 g/mol. The SMILES string of the molecule is COc1ccc(-c2cc(C(F)(F)C(F)(F)C(F)(F)F)[nH]n2)cc1. The summed E-state index contributed by atoms with van der Waals surface area (Å²) in [7, 11) is 1.39. The van der Waals surface area contributed by atoms with Crippen LogP contribution in [-0.4, -0.2) is 29.4 Å². The number of ether oxygens (including phenoxy) is 1. The smallest absolute Gasteiger partial charge is 0.460 e. The van der Waals surface area contributed by atoms with Gasteiger partial charge in [-0.05, 0) is 30.3 Å². The molecule has 0 atom stereocenters. The first-order chi connectivity index (χ1) is 10.5. The molecular formula is C13H9F7N2O. The summed E-state index contributed by atoms with van der Waals surface area (Å²) >= 11 is 0. The Morgan fingerprint density at radius 2 is 1.52 bits per heavy atom. The number of nitrogens with one attached hydrogen (secondary N) is 1. The van der Waals surface area contributed by atoms with E-state index in [1.54, 1.807) is 5.10 Å². The molecule has 23 heavy (non-hydrogen) atoms.